The fourth-order valence-electron chi connectivity index (χ4n) is 1.53. The SMILES string of the molecule is CNCC(=O)c1ccc(Br)cc1NC(=O)OC(C)(C)C. The molecule has 1 aromatic carbocycles. The predicted octanol–water partition coefficient (Wildman–Crippen LogP) is 3.20. The highest BCUT2D eigenvalue weighted by molar-refractivity contribution is 9.10. The Morgan fingerprint density at radius 2 is 1.95 bits per heavy atom. The molecule has 110 valence electrons. The number of Topliss-reactive ketones (excluding diaryl/α,β-unsaturated/α-hetero) is 1. The summed E-state index contributed by atoms with van der Waals surface area (Å²) in [7, 11) is 1.69. The van der Waals surface area contributed by atoms with Crippen LogP contribution >= 0.6 is 15.9 Å². The summed E-state index contributed by atoms with van der Waals surface area (Å²) in [5, 5.41) is 5.40. The quantitative estimate of drug-likeness (QED) is 0.824. The predicted molar refractivity (Wildman–Crippen MR) is 82.3 cm³/mol. The fourth-order valence-corrected chi connectivity index (χ4v) is 1.89. The highest BCUT2D eigenvalue weighted by Crippen LogP contribution is 2.22. The number of hydrogen-bond acceptors (Lipinski definition) is 4. The zero-order chi connectivity index (χ0) is 15.3. The van der Waals surface area contributed by atoms with Crippen LogP contribution in [0.25, 0.3) is 0 Å². The molecule has 0 atom stereocenters. The van der Waals surface area contributed by atoms with Crippen molar-refractivity contribution in [1.82, 2.24) is 5.32 Å². The average Bonchev–Trinajstić information content (AvgIpc) is 2.26. The first-order valence-electron chi connectivity index (χ1n) is 6.20. The second-order valence-corrected chi connectivity index (χ2v) is 6.19. The molecule has 0 aliphatic heterocycles. The first kappa shape index (κ1) is 16.7. The van der Waals surface area contributed by atoms with E-state index in [-0.39, 0.29) is 12.3 Å². The van der Waals surface area contributed by atoms with Crippen molar-refractivity contribution in [3.63, 3.8) is 0 Å². The van der Waals surface area contributed by atoms with Gasteiger partial charge in [0.15, 0.2) is 5.78 Å². The van der Waals surface area contributed by atoms with E-state index in [0.29, 0.717) is 11.3 Å². The van der Waals surface area contributed by atoms with Crippen LogP contribution in [0.1, 0.15) is 31.1 Å². The van der Waals surface area contributed by atoms with Crippen molar-refractivity contribution in [3.05, 3.63) is 28.2 Å². The Labute approximate surface area is 127 Å². The number of anilines is 1. The Kier molecular flexibility index (Phi) is 5.71. The fraction of sp³-hybridized carbons (Fsp3) is 0.429. The minimum Gasteiger partial charge on any atom is -0.444 e. The second kappa shape index (κ2) is 6.85. The smallest absolute Gasteiger partial charge is 0.412 e. The summed E-state index contributed by atoms with van der Waals surface area (Å²) in [4.78, 5) is 23.8. The van der Waals surface area contributed by atoms with Gasteiger partial charge in [0.05, 0.1) is 12.2 Å². The van der Waals surface area contributed by atoms with Gasteiger partial charge in [-0.2, -0.15) is 0 Å². The first-order valence-corrected chi connectivity index (χ1v) is 6.99. The number of rotatable bonds is 4. The van der Waals surface area contributed by atoms with Gasteiger partial charge in [-0.15, -0.1) is 0 Å². The number of halogens is 1. The van der Waals surface area contributed by atoms with Crippen LogP contribution in [0.5, 0.6) is 0 Å². The lowest BCUT2D eigenvalue weighted by Crippen LogP contribution is -2.28. The summed E-state index contributed by atoms with van der Waals surface area (Å²) >= 11 is 3.32. The zero-order valence-corrected chi connectivity index (χ0v) is 13.6. The Hall–Kier alpha value is -1.40. The van der Waals surface area contributed by atoms with Crippen LogP contribution in [0.2, 0.25) is 0 Å². The number of carbonyl (C=O) groups excluding carboxylic acids is 2. The third-order valence-corrected chi connectivity index (χ3v) is 2.75. The van der Waals surface area contributed by atoms with Crippen LogP contribution in [0.3, 0.4) is 0 Å². The summed E-state index contributed by atoms with van der Waals surface area (Å²) in [6.07, 6.45) is -0.589. The Balaban J connectivity index is 2.95. The van der Waals surface area contributed by atoms with E-state index in [1.54, 1.807) is 46.0 Å². The lowest BCUT2D eigenvalue weighted by Gasteiger charge is -2.20. The van der Waals surface area contributed by atoms with Gasteiger partial charge in [-0.25, -0.2) is 4.79 Å². The number of ether oxygens (including phenoxy) is 1. The molecule has 20 heavy (non-hydrogen) atoms. The van der Waals surface area contributed by atoms with Crippen molar-refractivity contribution in [2.45, 2.75) is 26.4 Å². The molecule has 0 aliphatic rings. The lowest BCUT2D eigenvalue weighted by atomic mass is 10.1. The second-order valence-electron chi connectivity index (χ2n) is 5.27. The molecule has 0 fully saturated rings. The third-order valence-electron chi connectivity index (χ3n) is 2.25. The van der Waals surface area contributed by atoms with Crippen molar-refractivity contribution in [1.29, 1.82) is 0 Å². The topological polar surface area (TPSA) is 67.4 Å². The van der Waals surface area contributed by atoms with E-state index in [0.717, 1.165) is 4.47 Å². The van der Waals surface area contributed by atoms with Gasteiger partial charge in [-0.3, -0.25) is 10.1 Å². The van der Waals surface area contributed by atoms with Crippen LogP contribution in [-0.2, 0) is 4.74 Å². The highest BCUT2D eigenvalue weighted by Gasteiger charge is 2.19. The van der Waals surface area contributed by atoms with Crippen molar-refractivity contribution in [2.24, 2.45) is 0 Å². The minimum absolute atomic E-state index is 0.106. The maximum atomic E-state index is 12.0. The van der Waals surface area contributed by atoms with Gasteiger partial charge in [0.1, 0.15) is 5.60 Å². The molecular weight excluding hydrogens is 324 g/mol. The number of nitrogens with one attached hydrogen (secondary N) is 2. The molecule has 0 radical (unpaired) electrons. The normalized spacial score (nSPS) is 11.1. The molecule has 0 spiro atoms. The number of amides is 1. The third kappa shape index (κ3) is 5.30. The van der Waals surface area contributed by atoms with Crippen LogP contribution < -0.4 is 10.6 Å². The molecule has 0 saturated carbocycles. The molecule has 5 nitrogen and oxygen atoms in total. The van der Waals surface area contributed by atoms with Crippen LogP contribution in [-0.4, -0.2) is 31.1 Å². The molecule has 0 aromatic heterocycles. The van der Waals surface area contributed by atoms with E-state index in [1.165, 1.54) is 0 Å². The molecule has 1 aromatic rings. The van der Waals surface area contributed by atoms with E-state index >= 15 is 0 Å². The lowest BCUT2D eigenvalue weighted by molar-refractivity contribution is 0.0636. The molecule has 0 heterocycles. The molecule has 0 saturated heterocycles. The molecule has 6 heteroatoms. The standard InChI is InChI=1S/C14H19BrN2O3/c1-14(2,3)20-13(19)17-11-7-9(15)5-6-10(11)12(18)8-16-4/h5-7,16H,8H2,1-4H3,(H,17,19). The van der Waals surface area contributed by atoms with Crippen molar-refractivity contribution >= 4 is 33.5 Å². The van der Waals surface area contributed by atoms with Gasteiger partial charge in [-0.1, -0.05) is 15.9 Å². The molecule has 0 aliphatic carbocycles. The zero-order valence-electron chi connectivity index (χ0n) is 12.0. The van der Waals surface area contributed by atoms with Gasteiger partial charge in [-0.05, 0) is 46.0 Å². The van der Waals surface area contributed by atoms with Crippen molar-refractivity contribution < 1.29 is 14.3 Å². The number of hydrogen-bond donors (Lipinski definition) is 2. The van der Waals surface area contributed by atoms with Crippen LogP contribution in [0, 0.1) is 0 Å². The molecule has 1 amide bonds. The molecule has 1 rings (SSSR count). The summed E-state index contributed by atoms with van der Waals surface area (Å²) in [6.45, 7) is 5.53. The highest BCUT2D eigenvalue weighted by atomic mass is 79.9. The Morgan fingerprint density at radius 3 is 2.50 bits per heavy atom. The number of likely N-dealkylation sites (N-methyl/N-ethyl adjacent to an activating group) is 1. The Bertz CT molecular complexity index is 510. The maximum absolute atomic E-state index is 12.0. The van der Waals surface area contributed by atoms with Gasteiger partial charge >= 0.3 is 6.09 Å². The number of ketones is 1. The monoisotopic (exact) mass is 342 g/mol. The summed E-state index contributed by atoms with van der Waals surface area (Å²) in [5.41, 5.74) is 0.271. The average molecular weight is 343 g/mol. The van der Waals surface area contributed by atoms with Gasteiger partial charge in [0.2, 0.25) is 0 Å². The van der Waals surface area contributed by atoms with E-state index in [1.807, 2.05) is 0 Å². The number of benzene rings is 1. The first-order chi connectivity index (χ1) is 9.23. The van der Waals surface area contributed by atoms with E-state index in [9.17, 15) is 9.59 Å². The summed E-state index contributed by atoms with van der Waals surface area (Å²) < 4.78 is 5.95. The Morgan fingerprint density at radius 1 is 1.30 bits per heavy atom. The molecular formula is C14H19BrN2O3. The number of carbonyl (C=O) groups is 2. The molecule has 0 bridgehead atoms. The largest absolute Gasteiger partial charge is 0.444 e. The maximum Gasteiger partial charge on any atom is 0.412 e. The van der Waals surface area contributed by atoms with Crippen LogP contribution in [0.4, 0.5) is 10.5 Å². The molecule has 2 N–H and O–H groups in total. The summed E-state index contributed by atoms with van der Waals surface area (Å²) in [6, 6.07) is 5.09. The van der Waals surface area contributed by atoms with Crippen LogP contribution in [0.15, 0.2) is 22.7 Å². The van der Waals surface area contributed by atoms with Crippen molar-refractivity contribution in [2.75, 3.05) is 18.9 Å². The summed E-state index contributed by atoms with van der Waals surface area (Å²) in [5.74, 6) is -0.106. The van der Waals surface area contributed by atoms with Gasteiger partial charge < -0.3 is 10.1 Å². The molecule has 0 unspecified atom stereocenters. The van der Waals surface area contributed by atoms with E-state index < -0.39 is 11.7 Å². The van der Waals surface area contributed by atoms with Gasteiger partial charge in [0, 0.05) is 10.0 Å². The van der Waals surface area contributed by atoms with Crippen molar-refractivity contribution in [3.8, 4) is 0 Å². The minimum atomic E-state index is -0.592. The van der Waals surface area contributed by atoms with Gasteiger partial charge in [0.25, 0.3) is 0 Å². The van der Waals surface area contributed by atoms with E-state index in [2.05, 4.69) is 26.6 Å². The van der Waals surface area contributed by atoms with E-state index in [4.69, 9.17) is 4.74 Å².